The molecule has 5 nitrogen and oxygen atoms in total. The van der Waals surface area contributed by atoms with E-state index in [2.05, 4.69) is 5.32 Å². The van der Waals surface area contributed by atoms with Crippen LogP contribution in [0.4, 0.5) is 5.69 Å². The van der Waals surface area contributed by atoms with Crippen LogP contribution in [0.15, 0.2) is 54.6 Å². The number of ketones is 1. The molecule has 0 radical (unpaired) electrons. The van der Waals surface area contributed by atoms with Gasteiger partial charge in [0, 0.05) is 16.1 Å². The van der Waals surface area contributed by atoms with Crippen LogP contribution in [0.2, 0.25) is 0 Å². The number of carboxylic acid groups (broad SMARTS) is 1. The van der Waals surface area contributed by atoms with Crippen LogP contribution < -0.4 is 5.32 Å². The summed E-state index contributed by atoms with van der Waals surface area (Å²) in [7, 11) is 0. The first-order valence-electron chi connectivity index (χ1n) is 8.21. The molecule has 0 aliphatic heterocycles. The third kappa shape index (κ3) is 4.30. The van der Waals surface area contributed by atoms with Gasteiger partial charge in [-0.05, 0) is 61.9 Å². The van der Waals surface area contributed by atoms with Crippen LogP contribution in [-0.4, -0.2) is 22.8 Å². The lowest BCUT2D eigenvalue weighted by atomic mass is 10.1. The molecule has 6 heteroatoms. The first-order valence-corrected chi connectivity index (χ1v) is 9.02. The largest absolute Gasteiger partial charge is 0.478 e. The minimum Gasteiger partial charge on any atom is -0.478 e. The number of hydrogen-bond donors (Lipinski definition) is 2. The second kappa shape index (κ2) is 7.55. The quantitative estimate of drug-likeness (QED) is 0.619. The van der Waals surface area contributed by atoms with E-state index in [1.165, 1.54) is 30.4 Å². The van der Waals surface area contributed by atoms with Crippen LogP contribution in [0.5, 0.6) is 0 Å². The fourth-order valence-corrected chi connectivity index (χ4v) is 3.44. The number of carboxylic acids is 1. The molecule has 0 saturated carbocycles. The molecular weight excluding hydrogens is 362 g/mol. The molecule has 0 spiro atoms. The van der Waals surface area contributed by atoms with Crippen molar-refractivity contribution in [2.45, 2.75) is 13.8 Å². The Morgan fingerprint density at radius 2 is 1.63 bits per heavy atom. The van der Waals surface area contributed by atoms with Crippen molar-refractivity contribution in [1.82, 2.24) is 0 Å². The SMILES string of the molecule is CC(=O)c1ccc(-c2cc(NC(=O)c3ccc(C)cc3)cc(C(=O)O)c2)s1. The summed E-state index contributed by atoms with van der Waals surface area (Å²) in [5, 5.41) is 12.1. The summed E-state index contributed by atoms with van der Waals surface area (Å²) < 4.78 is 0. The Balaban J connectivity index is 1.95. The second-order valence-corrected chi connectivity index (χ2v) is 7.23. The van der Waals surface area contributed by atoms with Crippen LogP contribution in [0.25, 0.3) is 10.4 Å². The Hall–Kier alpha value is -3.25. The van der Waals surface area contributed by atoms with E-state index < -0.39 is 5.97 Å². The molecule has 1 amide bonds. The van der Waals surface area contributed by atoms with Gasteiger partial charge in [0.15, 0.2) is 5.78 Å². The van der Waals surface area contributed by atoms with Crippen molar-refractivity contribution < 1.29 is 19.5 Å². The normalized spacial score (nSPS) is 10.4. The minimum absolute atomic E-state index is 0.0477. The summed E-state index contributed by atoms with van der Waals surface area (Å²) in [6.45, 7) is 3.41. The molecule has 0 atom stereocenters. The first-order chi connectivity index (χ1) is 12.8. The highest BCUT2D eigenvalue weighted by atomic mass is 32.1. The Bertz CT molecular complexity index is 1030. The van der Waals surface area contributed by atoms with Gasteiger partial charge in [0.1, 0.15) is 0 Å². The summed E-state index contributed by atoms with van der Waals surface area (Å²) in [5.41, 5.74) is 2.60. The molecular formula is C21H17NO4S. The maximum absolute atomic E-state index is 12.4. The topological polar surface area (TPSA) is 83.5 Å². The van der Waals surface area contributed by atoms with E-state index in [9.17, 15) is 19.5 Å². The lowest BCUT2D eigenvalue weighted by molar-refractivity contribution is 0.0696. The molecule has 0 aliphatic rings. The molecule has 0 saturated heterocycles. The monoisotopic (exact) mass is 379 g/mol. The molecule has 136 valence electrons. The number of aryl methyl sites for hydroxylation is 1. The number of anilines is 1. The van der Waals surface area contributed by atoms with Crippen molar-refractivity contribution in [3.8, 4) is 10.4 Å². The van der Waals surface area contributed by atoms with Gasteiger partial charge in [0.05, 0.1) is 10.4 Å². The Kier molecular flexibility index (Phi) is 5.19. The number of thiophene rings is 1. The number of carbonyl (C=O) groups is 3. The van der Waals surface area contributed by atoms with E-state index >= 15 is 0 Å². The molecule has 0 fully saturated rings. The number of hydrogen-bond acceptors (Lipinski definition) is 4. The van der Waals surface area contributed by atoms with E-state index in [1.54, 1.807) is 30.3 Å². The molecule has 1 heterocycles. The van der Waals surface area contributed by atoms with Crippen molar-refractivity contribution in [2.24, 2.45) is 0 Å². The van der Waals surface area contributed by atoms with Crippen molar-refractivity contribution >= 4 is 34.7 Å². The highest BCUT2D eigenvalue weighted by molar-refractivity contribution is 7.17. The van der Waals surface area contributed by atoms with Gasteiger partial charge in [0.2, 0.25) is 0 Å². The zero-order valence-corrected chi connectivity index (χ0v) is 15.6. The third-order valence-electron chi connectivity index (χ3n) is 3.99. The zero-order chi connectivity index (χ0) is 19.6. The fraction of sp³-hybridized carbons (Fsp3) is 0.0952. The summed E-state index contributed by atoms with van der Waals surface area (Å²) in [4.78, 5) is 36.8. The second-order valence-electron chi connectivity index (χ2n) is 6.14. The van der Waals surface area contributed by atoms with Crippen molar-refractivity contribution in [3.05, 3.63) is 76.2 Å². The number of amides is 1. The number of rotatable bonds is 5. The van der Waals surface area contributed by atoms with Gasteiger partial charge in [-0.2, -0.15) is 0 Å². The van der Waals surface area contributed by atoms with E-state index in [-0.39, 0.29) is 17.3 Å². The summed E-state index contributed by atoms with van der Waals surface area (Å²) in [6, 6.07) is 15.2. The number of benzene rings is 2. The van der Waals surface area contributed by atoms with E-state index in [1.807, 2.05) is 19.1 Å². The smallest absolute Gasteiger partial charge is 0.335 e. The van der Waals surface area contributed by atoms with Gasteiger partial charge in [-0.1, -0.05) is 17.7 Å². The third-order valence-corrected chi connectivity index (χ3v) is 5.22. The molecule has 2 aromatic carbocycles. The van der Waals surface area contributed by atoms with Gasteiger partial charge in [-0.3, -0.25) is 9.59 Å². The van der Waals surface area contributed by atoms with Crippen LogP contribution in [0.3, 0.4) is 0 Å². The maximum Gasteiger partial charge on any atom is 0.335 e. The molecule has 3 aromatic rings. The van der Waals surface area contributed by atoms with E-state index in [0.717, 1.165) is 10.4 Å². The molecule has 3 rings (SSSR count). The molecule has 0 unspecified atom stereocenters. The van der Waals surface area contributed by atoms with Gasteiger partial charge >= 0.3 is 5.97 Å². The molecule has 0 bridgehead atoms. The van der Waals surface area contributed by atoms with Gasteiger partial charge in [0.25, 0.3) is 5.91 Å². The number of nitrogens with one attached hydrogen (secondary N) is 1. The minimum atomic E-state index is -1.09. The van der Waals surface area contributed by atoms with E-state index in [0.29, 0.717) is 21.7 Å². The predicted molar refractivity (Wildman–Crippen MR) is 106 cm³/mol. The van der Waals surface area contributed by atoms with E-state index in [4.69, 9.17) is 0 Å². The Morgan fingerprint density at radius 1 is 0.926 bits per heavy atom. The van der Waals surface area contributed by atoms with Crippen LogP contribution in [0, 0.1) is 6.92 Å². The molecule has 0 aliphatic carbocycles. The fourth-order valence-electron chi connectivity index (χ4n) is 2.56. The number of aromatic carboxylic acids is 1. The lowest BCUT2D eigenvalue weighted by Gasteiger charge is -2.09. The van der Waals surface area contributed by atoms with Gasteiger partial charge in [-0.15, -0.1) is 11.3 Å². The van der Waals surface area contributed by atoms with Crippen molar-refractivity contribution in [2.75, 3.05) is 5.32 Å². The Morgan fingerprint density at radius 3 is 2.22 bits per heavy atom. The van der Waals surface area contributed by atoms with Crippen LogP contribution in [0.1, 0.15) is 42.9 Å². The molecule has 1 aromatic heterocycles. The Labute approximate surface area is 160 Å². The summed E-state index contributed by atoms with van der Waals surface area (Å²) in [6.07, 6.45) is 0. The highest BCUT2D eigenvalue weighted by Gasteiger charge is 2.13. The van der Waals surface area contributed by atoms with Crippen molar-refractivity contribution in [1.29, 1.82) is 0 Å². The average Bonchev–Trinajstić information content (AvgIpc) is 3.12. The predicted octanol–water partition coefficient (Wildman–Crippen LogP) is 4.88. The van der Waals surface area contributed by atoms with Crippen molar-refractivity contribution in [3.63, 3.8) is 0 Å². The number of carbonyl (C=O) groups excluding carboxylic acids is 2. The maximum atomic E-state index is 12.4. The van der Waals surface area contributed by atoms with Gasteiger partial charge < -0.3 is 10.4 Å². The van der Waals surface area contributed by atoms with Gasteiger partial charge in [-0.25, -0.2) is 4.79 Å². The average molecular weight is 379 g/mol. The van der Waals surface area contributed by atoms with Crippen LogP contribution in [-0.2, 0) is 0 Å². The standard InChI is InChI=1S/C21H17NO4S/c1-12-3-5-14(6-4-12)20(24)22-17-10-15(9-16(11-17)21(25)26)19-8-7-18(27-19)13(2)23/h3-11H,1-2H3,(H,22,24)(H,25,26). The number of Topliss-reactive ketones (excluding diaryl/α,β-unsaturated/α-hetero) is 1. The summed E-state index contributed by atoms with van der Waals surface area (Å²) in [5.74, 6) is -1.46. The summed E-state index contributed by atoms with van der Waals surface area (Å²) >= 11 is 1.28. The van der Waals surface area contributed by atoms with Crippen LogP contribution >= 0.6 is 11.3 Å². The lowest BCUT2D eigenvalue weighted by Crippen LogP contribution is -2.12. The molecule has 2 N–H and O–H groups in total. The highest BCUT2D eigenvalue weighted by Crippen LogP contribution is 2.31. The molecule has 27 heavy (non-hydrogen) atoms. The first kappa shape index (κ1) is 18.5. The zero-order valence-electron chi connectivity index (χ0n) is 14.8.